The molecule has 0 amide bonds. The van der Waals surface area contributed by atoms with Crippen LogP contribution in [-0.4, -0.2) is 5.54 Å². The molecule has 0 aromatic heterocycles. The van der Waals surface area contributed by atoms with Crippen LogP contribution in [0, 0.1) is 16.6 Å². The minimum atomic E-state index is -0.0688. The fourth-order valence-corrected chi connectivity index (χ4v) is 6.82. The minimum absolute atomic E-state index is 0. The van der Waals surface area contributed by atoms with Crippen LogP contribution < -0.4 is 5.73 Å². The van der Waals surface area contributed by atoms with Gasteiger partial charge >= 0.3 is 0 Å². The summed E-state index contributed by atoms with van der Waals surface area (Å²) in [6.07, 6.45) is 5.99. The molecule has 0 saturated heterocycles. The molecule has 3 fully saturated rings. The second-order valence-corrected chi connectivity index (χ2v) is 8.22. The predicted molar refractivity (Wildman–Crippen MR) is 79.7 cm³/mol. The summed E-state index contributed by atoms with van der Waals surface area (Å²) >= 11 is 0. The second kappa shape index (κ2) is 3.41. The average Bonchev–Trinajstić information content (AvgIpc) is 2.75. The molecule has 2 N–H and O–H groups in total. The van der Waals surface area contributed by atoms with E-state index in [-0.39, 0.29) is 23.8 Å². The maximum absolute atomic E-state index is 13.6. The van der Waals surface area contributed by atoms with Crippen LogP contribution in [0.15, 0.2) is 18.2 Å². The third-order valence-corrected chi connectivity index (χ3v) is 6.71. The zero-order chi connectivity index (χ0) is 13.0. The fraction of sp³-hybridized carbons (Fsp3) is 0.647. The van der Waals surface area contributed by atoms with Crippen molar-refractivity contribution in [3.8, 4) is 0 Å². The highest BCUT2D eigenvalue weighted by Gasteiger charge is 2.71. The number of fused-ring (bicyclic) bond motifs is 5. The van der Waals surface area contributed by atoms with Gasteiger partial charge in [0.2, 0.25) is 0 Å². The van der Waals surface area contributed by atoms with E-state index in [4.69, 9.17) is 5.73 Å². The molecule has 0 heterocycles. The summed E-state index contributed by atoms with van der Waals surface area (Å²) < 4.78 is 13.6. The van der Waals surface area contributed by atoms with Gasteiger partial charge in [0.25, 0.3) is 0 Å². The number of nitrogens with two attached hydrogens (primary N) is 1. The number of hydrogen-bond donors (Lipinski definition) is 1. The summed E-state index contributed by atoms with van der Waals surface area (Å²) in [5, 5.41) is 0. The van der Waals surface area contributed by atoms with Gasteiger partial charge in [-0.2, -0.15) is 0 Å². The quantitative estimate of drug-likeness (QED) is 0.765. The molecule has 5 atom stereocenters. The first-order valence-electron chi connectivity index (χ1n) is 7.52. The fourth-order valence-electron chi connectivity index (χ4n) is 6.82. The molecule has 4 aliphatic rings. The molecule has 20 heavy (non-hydrogen) atoms. The van der Waals surface area contributed by atoms with E-state index in [1.807, 2.05) is 12.1 Å². The smallest absolute Gasteiger partial charge is 0.123 e. The Balaban J connectivity index is 0.00000106. The number of hydrogen-bond acceptors (Lipinski definition) is 1. The topological polar surface area (TPSA) is 26.0 Å². The molecule has 3 bridgehead atoms. The van der Waals surface area contributed by atoms with E-state index in [1.54, 1.807) is 6.07 Å². The Morgan fingerprint density at radius 1 is 1.10 bits per heavy atom. The SMILES string of the molecule is CC12CC3c4cc(F)ccc4C4CC(N)(C1)CC34C2.Cl. The van der Waals surface area contributed by atoms with Crippen molar-refractivity contribution >= 4 is 12.4 Å². The molecule has 4 aliphatic carbocycles. The summed E-state index contributed by atoms with van der Waals surface area (Å²) in [4.78, 5) is 0. The lowest BCUT2D eigenvalue weighted by molar-refractivity contribution is 0.133. The van der Waals surface area contributed by atoms with Gasteiger partial charge in [0.1, 0.15) is 5.82 Å². The molecule has 3 heteroatoms. The summed E-state index contributed by atoms with van der Waals surface area (Å²) in [5.41, 5.74) is 10.3. The van der Waals surface area contributed by atoms with E-state index >= 15 is 0 Å². The molecule has 5 unspecified atom stereocenters. The molecule has 1 spiro atoms. The van der Waals surface area contributed by atoms with Gasteiger partial charge < -0.3 is 5.73 Å². The van der Waals surface area contributed by atoms with Gasteiger partial charge in [-0.3, -0.25) is 0 Å². The van der Waals surface area contributed by atoms with E-state index in [2.05, 4.69) is 6.92 Å². The number of rotatable bonds is 0. The van der Waals surface area contributed by atoms with E-state index in [1.165, 1.54) is 36.8 Å². The van der Waals surface area contributed by atoms with Gasteiger partial charge in [-0.15, -0.1) is 12.4 Å². The highest BCUT2D eigenvalue weighted by molar-refractivity contribution is 5.85. The van der Waals surface area contributed by atoms with Crippen LogP contribution in [0.3, 0.4) is 0 Å². The van der Waals surface area contributed by atoms with Crippen LogP contribution in [0.5, 0.6) is 0 Å². The molecule has 5 rings (SSSR count). The Morgan fingerprint density at radius 2 is 1.85 bits per heavy atom. The lowest BCUT2D eigenvalue weighted by atomic mass is 9.66. The van der Waals surface area contributed by atoms with Crippen molar-refractivity contribution in [3.63, 3.8) is 0 Å². The maximum atomic E-state index is 13.6. The van der Waals surface area contributed by atoms with Crippen molar-refractivity contribution in [1.29, 1.82) is 0 Å². The van der Waals surface area contributed by atoms with Crippen LogP contribution in [-0.2, 0) is 0 Å². The van der Waals surface area contributed by atoms with Crippen molar-refractivity contribution in [2.45, 2.75) is 56.4 Å². The lowest BCUT2D eigenvalue weighted by Crippen LogP contribution is -2.45. The molecule has 1 nitrogen and oxygen atoms in total. The van der Waals surface area contributed by atoms with Crippen LogP contribution in [0.4, 0.5) is 4.39 Å². The predicted octanol–water partition coefficient (Wildman–Crippen LogP) is 4.11. The maximum Gasteiger partial charge on any atom is 0.123 e. The van der Waals surface area contributed by atoms with E-state index in [0.29, 0.717) is 22.7 Å². The second-order valence-electron chi connectivity index (χ2n) is 8.22. The molecular weight excluding hydrogens is 273 g/mol. The molecule has 0 radical (unpaired) electrons. The average molecular weight is 294 g/mol. The van der Waals surface area contributed by atoms with Crippen LogP contribution in [0.1, 0.15) is 62.0 Å². The van der Waals surface area contributed by atoms with Crippen molar-refractivity contribution < 1.29 is 4.39 Å². The Hall–Kier alpha value is -0.600. The molecular formula is C17H21ClFN. The van der Waals surface area contributed by atoms with Gasteiger partial charge in [0, 0.05) is 5.54 Å². The summed E-state index contributed by atoms with van der Waals surface area (Å²) in [6.45, 7) is 2.41. The monoisotopic (exact) mass is 293 g/mol. The molecule has 108 valence electrons. The van der Waals surface area contributed by atoms with Gasteiger partial charge in [-0.1, -0.05) is 13.0 Å². The Kier molecular flexibility index (Phi) is 2.23. The molecule has 0 aliphatic heterocycles. The van der Waals surface area contributed by atoms with Crippen molar-refractivity contribution in [2.75, 3.05) is 0 Å². The normalized spacial score (nSPS) is 50.0. The van der Waals surface area contributed by atoms with Crippen molar-refractivity contribution in [2.24, 2.45) is 16.6 Å². The standard InChI is InChI=1S/C17H20FN.ClH/c1-15-5-13-12-4-10(18)2-3-11(12)14-6-16(19,7-15)9-17(13,14)8-15;/h2-4,13-14H,5-9,19H2,1H3;1H. The number of halogens is 2. The zero-order valence-corrected chi connectivity index (χ0v) is 12.6. The molecule has 1 aromatic rings. The van der Waals surface area contributed by atoms with Gasteiger partial charge in [-0.05, 0) is 78.0 Å². The Bertz CT molecular complexity index is 613. The van der Waals surface area contributed by atoms with Crippen molar-refractivity contribution in [3.05, 3.63) is 35.1 Å². The summed E-state index contributed by atoms with van der Waals surface area (Å²) in [5.74, 6) is 1.10. The highest BCUT2D eigenvalue weighted by atomic mass is 35.5. The minimum Gasteiger partial charge on any atom is -0.325 e. The van der Waals surface area contributed by atoms with Gasteiger partial charge in [-0.25, -0.2) is 4.39 Å². The van der Waals surface area contributed by atoms with Crippen LogP contribution >= 0.6 is 12.4 Å². The first-order chi connectivity index (χ1) is 8.93. The Morgan fingerprint density at radius 3 is 2.65 bits per heavy atom. The molecule has 1 aromatic carbocycles. The van der Waals surface area contributed by atoms with E-state index < -0.39 is 0 Å². The number of benzene rings is 1. The Labute approximate surface area is 125 Å². The van der Waals surface area contributed by atoms with Gasteiger partial charge in [0.15, 0.2) is 0 Å². The summed E-state index contributed by atoms with van der Waals surface area (Å²) in [6, 6.07) is 5.50. The highest BCUT2D eigenvalue weighted by Crippen LogP contribution is 2.79. The zero-order valence-electron chi connectivity index (χ0n) is 11.8. The van der Waals surface area contributed by atoms with Crippen molar-refractivity contribution in [1.82, 2.24) is 0 Å². The third kappa shape index (κ3) is 1.28. The van der Waals surface area contributed by atoms with Crippen LogP contribution in [0.25, 0.3) is 0 Å². The van der Waals surface area contributed by atoms with E-state index in [9.17, 15) is 4.39 Å². The lowest BCUT2D eigenvalue weighted by Gasteiger charge is -2.41. The molecule has 3 saturated carbocycles. The van der Waals surface area contributed by atoms with Gasteiger partial charge in [0.05, 0.1) is 0 Å². The first kappa shape index (κ1) is 13.1. The summed E-state index contributed by atoms with van der Waals surface area (Å²) in [7, 11) is 0. The van der Waals surface area contributed by atoms with Crippen LogP contribution in [0.2, 0.25) is 0 Å². The van der Waals surface area contributed by atoms with E-state index in [0.717, 1.165) is 6.42 Å². The first-order valence-corrected chi connectivity index (χ1v) is 7.52. The largest absolute Gasteiger partial charge is 0.325 e. The third-order valence-electron chi connectivity index (χ3n) is 6.71.